The maximum absolute atomic E-state index is 13.6. The van der Waals surface area contributed by atoms with Crippen LogP contribution in [0.25, 0.3) is 0 Å². The fourth-order valence-electron chi connectivity index (χ4n) is 4.09. The molecule has 0 radical (unpaired) electrons. The summed E-state index contributed by atoms with van der Waals surface area (Å²) in [5.74, 6) is 0.828. The SMILES string of the molecule is COC[C@@H]1Cc2ccccc2CN1C(=O)c1cc(OC)c(OCc2ccccc2)cc1N. The van der Waals surface area contributed by atoms with Gasteiger partial charge in [-0.05, 0) is 29.2 Å². The van der Waals surface area contributed by atoms with Crippen molar-refractivity contribution in [2.24, 2.45) is 0 Å². The standard InChI is InChI=1S/C26H28N2O4/c1-30-17-21-12-19-10-6-7-11-20(19)15-28(21)26(29)22-13-24(31-2)25(14-23(22)27)32-16-18-8-4-3-5-9-18/h3-11,13-14,21H,12,15-17,27H2,1-2H3/t21-/m0/s1. The molecule has 1 aliphatic rings. The minimum Gasteiger partial charge on any atom is -0.493 e. The molecule has 0 fully saturated rings. The molecule has 4 rings (SSSR count). The number of fused-ring (bicyclic) bond motifs is 1. The van der Waals surface area contributed by atoms with Gasteiger partial charge in [0.2, 0.25) is 0 Å². The van der Waals surface area contributed by atoms with Crippen molar-refractivity contribution in [3.05, 3.63) is 89.0 Å². The van der Waals surface area contributed by atoms with Crippen LogP contribution in [0.3, 0.4) is 0 Å². The summed E-state index contributed by atoms with van der Waals surface area (Å²) in [5.41, 5.74) is 10.5. The van der Waals surface area contributed by atoms with Gasteiger partial charge < -0.3 is 24.8 Å². The fourth-order valence-corrected chi connectivity index (χ4v) is 4.09. The number of methoxy groups -OCH3 is 2. The summed E-state index contributed by atoms with van der Waals surface area (Å²) in [7, 11) is 3.21. The lowest BCUT2D eigenvalue weighted by Gasteiger charge is -2.37. The highest BCUT2D eigenvalue weighted by Crippen LogP contribution is 2.35. The summed E-state index contributed by atoms with van der Waals surface area (Å²) in [5, 5.41) is 0. The summed E-state index contributed by atoms with van der Waals surface area (Å²) in [4.78, 5) is 15.4. The predicted molar refractivity (Wildman–Crippen MR) is 124 cm³/mol. The van der Waals surface area contributed by atoms with E-state index >= 15 is 0 Å². The van der Waals surface area contributed by atoms with Crippen LogP contribution in [0.15, 0.2) is 66.7 Å². The van der Waals surface area contributed by atoms with Crippen LogP contribution in [0.1, 0.15) is 27.0 Å². The number of nitrogens with zero attached hydrogens (tertiary/aromatic N) is 1. The molecular weight excluding hydrogens is 404 g/mol. The first-order chi connectivity index (χ1) is 15.6. The Kier molecular flexibility index (Phi) is 6.61. The minimum atomic E-state index is -0.146. The van der Waals surface area contributed by atoms with Crippen molar-refractivity contribution in [2.45, 2.75) is 25.6 Å². The van der Waals surface area contributed by atoms with Crippen LogP contribution in [0, 0.1) is 0 Å². The van der Waals surface area contributed by atoms with E-state index in [4.69, 9.17) is 19.9 Å². The Morgan fingerprint density at radius 1 is 1.00 bits per heavy atom. The third kappa shape index (κ3) is 4.55. The molecule has 0 saturated carbocycles. The van der Waals surface area contributed by atoms with E-state index in [-0.39, 0.29) is 11.9 Å². The van der Waals surface area contributed by atoms with E-state index in [9.17, 15) is 4.79 Å². The zero-order valence-electron chi connectivity index (χ0n) is 18.4. The lowest BCUT2D eigenvalue weighted by molar-refractivity contribution is 0.0477. The van der Waals surface area contributed by atoms with Crippen molar-refractivity contribution in [1.29, 1.82) is 0 Å². The smallest absolute Gasteiger partial charge is 0.256 e. The van der Waals surface area contributed by atoms with Gasteiger partial charge in [0.05, 0.1) is 25.3 Å². The summed E-state index contributed by atoms with van der Waals surface area (Å²) in [6.45, 7) is 1.34. The Hall–Kier alpha value is -3.51. The number of nitrogens with two attached hydrogens (primary N) is 1. The first kappa shape index (κ1) is 21.7. The van der Waals surface area contributed by atoms with E-state index in [1.165, 1.54) is 5.56 Å². The molecule has 6 nitrogen and oxygen atoms in total. The summed E-state index contributed by atoms with van der Waals surface area (Å²) in [6.07, 6.45) is 0.741. The van der Waals surface area contributed by atoms with Gasteiger partial charge in [0.15, 0.2) is 11.5 Å². The predicted octanol–water partition coefficient (Wildman–Crippen LogP) is 4.07. The van der Waals surface area contributed by atoms with E-state index in [0.717, 1.165) is 17.5 Å². The van der Waals surface area contributed by atoms with Gasteiger partial charge >= 0.3 is 0 Å². The molecule has 6 heteroatoms. The molecule has 1 heterocycles. The van der Waals surface area contributed by atoms with E-state index in [0.29, 0.717) is 42.5 Å². The Bertz CT molecular complexity index is 1080. The molecule has 3 aromatic rings. The number of nitrogen functional groups attached to an aromatic ring is 1. The molecule has 0 bridgehead atoms. The lowest BCUT2D eigenvalue weighted by Crippen LogP contribution is -2.46. The molecule has 0 unspecified atom stereocenters. The van der Waals surface area contributed by atoms with Gasteiger partial charge in [0.25, 0.3) is 5.91 Å². The van der Waals surface area contributed by atoms with Gasteiger partial charge in [-0.25, -0.2) is 0 Å². The third-order valence-electron chi connectivity index (χ3n) is 5.78. The Labute approximate surface area is 188 Å². The van der Waals surface area contributed by atoms with Crippen molar-refractivity contribution in [1.82, 2.24) is 4.90 Å². The molecule has 3 aromatic carbocycles. The molecule has 0 saturated heterocycles. The Morgan fingerprint density at radius 2 is 1.72 bits per heavy atom. The van der Waals surface area contributed by atoms with E-state index in [2.05, 4.69) is 12.1 Å². The van der Waals surface area contributed by atoms with Gasteiger partial charge in [-0.3, -0.25) is 4.79 Å². The number of ether oxygens (including phenoxy) is 3. The van der Waals surface area contributed by atoms with Crippen LogP contribution in [0.5, 0.6) is 11.5 Å². The number of hydrogen-bond acceptors (Lipinski definition) is 5. The maximum atomic E-state index is 13.6. The van der Waals surface area contributed by atoms with Crippen LogP contribution in [-0.2, 0) is 24.3 Å². The Morgan fingerprint density at radius 3 is 2.44 bits per heavy atom. The highest BCUT2D eigenvalue weighted by molar-refractivity contribution is 6.00. The molecule has 32 heavy (non-hydrogen) atoms. The van der Waals surface area contributed by atoms with E-state index in [1.807, 2.05) is 47.4 Å². The summed E-state index contributed by atoms with van der Waals surface area (Å²) >= 11 is 0. The molecule has 166 valence electrons. The van der Waals surface area contributed by atoms with Crippen LogP contribution < -0.4 is 15.2 Å². The highest BCUT2D eigenvalue weighted by Gasteiger charge is 2.31. The monoisotopic (exact) mass is 432 g/mol. The molecular formula is C26H28N2O4. The number of rotatable bonds is 7. The lowest BCUT2D eigenvalue weighted by atomic mass is 9.93. The number of anilines is 1. The number of amides is 1. The highest BCUT2D eigenvalue weighted by atomic mass is 16.5. The van der Waals surface area contributed by atoms with Crippen molar-refractivity contribution in [2.75, 3.05) is 26.6 Å². The molecule has 1 aliphatic heterocycles. The van der Waals surface area contributed by atoms with Gasteiger partial charge in [0, 0.05) is 25.4 Å². The normalized spacial score (nSPS) is 15.2. The number of carbonyl (C=O) groups is 1. The second kappa shape index (κ2) is 9.75. The van der Waals surface area contributed by atoms with Crippen LogP contribution in [-0.4, -0.2) is 37.7 Å². The van der Waals surface area contributed by atoms with Crippen molar-refractivity contribution in [3.63, 3.8) is 0 Å². The molecule has 0 aliphatic carbocycles. The van der Waals surface area contributed by atoms with Crippen molar-refractivity contribution < 1.29 is 19.0 Å². The molecule has 1 amide bonds. The fraction of sp³-hybridized carbons (Fsp3) is 0.269. The number of carbonyl (C=O) groups excluding carboxylic acids is 1. The maximum Gasteiger partial charge on any atom is 0.256 e. The van der Waals surface area contributed by atoms with E-state index in [1.54, 1.807) is 26.4 Å². The molecule has 2 N–H and O–H groups in total. The average molecular weight is 433 g/mol. The summed E-state index contributed by atoms with van der Waals surface area (Å²) in [6, 6.07) is 21.3. The second-order valence-corrected chi connectivity index (χ2v) is 7.88. The minimum absolute atomic E-state index is 0.0678. The van der Waals surface area contributed by atoms with Gasteiger partial charge in [-0.1, -0.05) is 54.6 Å². The molecule has 0 aromatic heterocycles. The first-order valence-electron chi connectivity index (χ1n) is 10.6. The third-order valence-corrected chi connectivity index (χ3v) is 5.78. The molecule has 0 spiro atoms. The van der Waals surface area contributed by atoms with Gasteiger partial charge in [-0.2, -0.15) is 0 Å². The first-order valence-corrected chi connectivity index (χ1v) is 10.6. The van der Waals surface area contributed by atoms with Crippen molar-refractivity contribution in [3.8, 4) is 11.5 Å². The quantitative estimate of drug-likeness (QED) is 0.570. The van der Waals surface area contributed by atoms with Crippen LogP contribution >= 0.6 is 0 Å². The molecule has 1 atom stereocenters. The number of hydrogen-bond donors (Lipinski definition) is 1. The van der Waals surface area contributed by atoms with Gasteiger partial charge in [-0.15, -0.1) is 0 Å². The Balaban J connectivity index is 1.60. The largest absolute Gasteiger partial charge is 0.493 e. The van der Waals surface area contributed by atoms with Crippen molar-refractivity contribution >= 4 is 11.6 Å². The van der Waals surface area contributed by atoms with E-state index < -0.39 is 0 Å². The van der Waals surface area contributed by atoms with Gasteiger partial charge in [0.1, 0.15) is 6.61 Å². The zero-order chi connectivity index (χ0) is 22.5. The van der Waals surface area contributed by atoms with Crippen LogP contribution in [0.4, 0.5) is 5.69 Å². The number of benzene rings is 3. The second-order valence-electron chi connectivity index (χ2n) is 7.88. The zero-order valence-corrected chi connectivity index (χ0v) is 18.4. The topological polar surface area (TPSA) is 74.0 Å². The van der Waals surface area contributed by atoms with Crippen LogP contribution in [0.2, 0.25) is 0 Å². The average Bonchev–Trinajstić information content (AvgIpc) is 2.83. The summed E-state index contributed by atoms with van der Waals surface area (Å²) < 4.78 is 16.9.